The third-order valence-corrected chi connectivity index (χ3v) is 26.8. The molecule has 16 nitrogen and oxygen atoms in total. The van der Waals surface area contributed by atoms with Gasteiger partial charge in [0.25, 0.3) is 46.7 Å². The largest absolute Gasteiger partial charge is 0.404 e. The number of nitrogens with zero attached hydrogens (tertiary/aromatic N) is 16. The van der Waals surface area contributed by atoms with Gasteiger partial charge in [-0.2, -0.15) is 18.3 Å². The second-order valence-corrected chi connectivity index (χ2v) is 32.3. The quantitative estimate of drug-likeness (QED) is 0.134. The Morgan fingerprint density at radius 1 is 0.228 bits per heavy atom. The average Bonchev–Trinajstić information content (AvgIpc) is 1.43. The Labute approximate surface area is 654 Å². The third kappa shape index (κ3) is 6.80. The Bertz CT molecular complexity index is 8100. The van der Waals surface area contributed by atoms with Crippen LogP contribution in [0.4, 0.5) is 23.3 Å². The Morgan fingerprint density at radius 2 is 0.518 bits per heavy atom. The molecule has 0 fully saturated rings. The van der Waals surface area contributed by atoms with Crippen LogP contribution in [0.15, 0.2) is 210 Å². The molecule has 0 amide bonds. The molecular weight excluding hydrogens is 1400 g/mol. The number of aromatic nitrogens is 4. The van der Waals surface area contributed by atoms with Crippen molar-refractivity contribution in [1.29, 1.82) is 0 Å². The highest BCUT2D eigenvalue weighted by atomic mass is 15.7. The summed E-state index contributed by atoms with van der Waals surface area (Å²) in [5.74, 6) is 8.84. The van der Waals surface area contributed by atoms with Crippen LogP contribution in [0.25, 0.3) is 86.2 Å². The summed E-state index contributed by atoms with van der Waals surface area (Å²) in [4.78, 5) is 45.9. The third-order valence-electron chi connectivity index (χ3n) is 26.8. The van der Waals surface area contributed by atoms with Crippen molar-refractivity contribution in [3.63, 3.8) is 0 Å². The molecule has 4 aromatic heterocycles. The highest BCUT2D eigenvalue weighted by Crippen LogP contribution is 2.58. The van der Waals surface area contributed by atoms with Crippen LogP contribution in [0.1, 0.15) is 139 Å². The molecule has 12 aliphatic rings. The molecule has 28 rings (SSSR count). The molecule has 1 unspecified atom stereocenters. The lowest BCUT2D eigenvalue weighted by molar-refractivity contribution is -0.791. The molecule has 16 heteroatoms. The number of aliphatic imine (C=N–C) groups is 4. The number of rotatable bonds is 0. The lowest BCUT2D eigenvalue weighted by atomic mass is 9.89. The summed E-state index contributed by atoms with van der Waals surface area (Å²) in [6.07, 6.45) is 0. The first-order valence-corrected chi connectivity index (χ1v) is 40.2. The molecule has 16 heterocycles. The van der Waals surface area contributed by atoms with E-state index in [0.29, 0.717) is 0 Å². The van der Waals surface area contributed by atoms with E-state index in [1.54, 1.807) is 0 Å². The lowest BCUT2D eigenvalue weighted by Crippen LogP contribution is -2.71. The molecule has 114 heavy (non-hydrogen) atoms. The zero-order valence-electron chi connectivity index (χ0n) is 66.3. The van der Waals surface area contributed by atoms with Gasteiger partial charge in [-0.1, -0.05) is 211 Å². The van der Waals surface area contributed by atoms with Gasteiger partial charge in [-0.3, -0.25) is 0 Å². The van der Waals surface area contributed by atoms with Gasteiger partial charge in [-0.15, -0.1) is 18.3 Å². The van der Waals surface area contributed by atoms with E-state index in [2.05, 4.69) is 290 Å². The first kappa shape index (κ1) is 64.1. The Hall–Kier alpha value is -13.6. The molecular formula is C98H76N16+4. The number of hydrogen-bond donors (Lipinski definition) is 0. The van der Waals surface area contributed by atoms with Gasteiger partial charge >= 0.3 is 11.8 Å². The van der Waals surface area contributed by atoms with E-state index in [9.17, 15) is 0 Å². The van der Waals surface area contributed by atoms with Crippen LogP contribution < -0.4 is 22.0 Å². The minimum Gasteiger partial charge on any atom is -0.192 e. The standard InChI is InChI=1S/C61H48N8.C33H16N8.2C2H6/c1-25-13-17-37-29(5)45-49(33(9)41(37)21-25)57-62-54-46-30(6)38-18-14-26(2)22-42(38)34(10)50(46)59-64-56-48-32(8)40-20-16-28(4)24-44(40)36(12)52(48)60-65-55-47-31(7)39-19-15-27(3)23-43(39)35(11)51(47)58-63-53(45)66(57)61(67(54)59,68(55)58)69(56)60;1-2-10-18-17(9-1)25-34-27-19-11-3-4-12-20(19)29-36-31-23-15-7-8-16-24(23)32-37-30-22-14-6-5-13-21(22)28-35-26(18)38(25)33(39(27)29,40(28)30)41(31)32;2*1-2/h13-24H,1-12H3;1-16H;2*1-2H3/q2*+2;;. The number of fused-ring (bicyclic) bond motifs is 28. The van der Waals surface area contributed by atoms with Gasteiger partial charge in [-0.05, 0) is 219 Å². The van der Waals surface area contributed by atoms with Crippen molar-refractivity contribution < 1.29 is 18.3 Å². The molecule has 12 aromatic carbocycles. The van der Waals surface area contributed by atoms with Crippen molar-refractivity contribution in [2.75, 3.05) is 0 Å². The van der Waals surface area contributed by atoms with Crippen LogP contribution in [0.5, 0.6) is 0 Å². The van der Waals surface area contributed by atoms with Crippen molar-refractivity contribution in [1.82, 2.24) is 18.3 Å². The molecule has 2 spiro atoms. The van der Waals surface area contributed by atoms with E-state index in [-0.39, 0.29) is 0 Å². The van der Waals surface area contributed by atoms with Crippen LogP contribution >= 0.6 is 0 Å². The van der Waals surface area contributed by atoms with Crippen LogP contribution in [-0.4, -0.2) is 83.3 Å². The summed E-state index contributed by atoms with van der Waals surface area (Å²) >= 11 is 0. The monoisotopic (exact) mass is 1480 g/mol. The fourth-order valence-electron chi connectivity index (χ4n) is 22.2. The predicted octanol–water partition coefficient (Wildman–Crippen LogP) is 17.8. The normalized spacial score (nSPS) is 17.4. The van der Waals surface area contributed by atoms with Crippen LogP contribution in [-0.2, 0) is 11.8 Å². The minimum absolute atomic E-state index is 0.898. The van der Waals surface area contributed by atoms with Crippen molar-refractivity contribution in [2.24, 2.45) is 39.9 Å². The van der Waals surface area contributed by atoms with Gasteiger partial charge < -0.3 is 0 Å². The number of amidine groups is 8. The summed E-state index contributed by atoms with van der Waals surface area (Å²) in [6, 6.07) is 61.7. The maximum atomic E-state index is 6.05. The Kier molecular flexibility index (Phi) is 11.8. The molecule has 16 aromatic rings. The molecule has 1 atom stereocenters. The van der Waals surface area contributed by atoms with E-state index in [4.69, 9.17) is 39.9 Å². The molecule has 0 saturated heterocycles. The molecule has 0 radical (unpaired) electrons. The van der Waals surface area contributed by atoms with Crippen molar-refractivity contribution in [3.8, 4) is 0 Å². The molecule has 544 valence electrons. The maximum absolute atomic E-state index is 6.05. The van der Waals surface area contributed by atoms with E-state index in [1.807, 2.05) is 27.7 Å². The Balaban J connectivity index is 0.000000138. The van der Waals surface area contributed by atoms with Gasteiger partial charge in [0.15, 0.2) is 0 Å². The second kappa shape index (κ2) is 20.9. The maximum Gasteiger partial charge on any atom is 0.404 e. The molecule has 12 aliphatic heterocycles. The number of aryl methyl sites for hydroxylation is 12. The number of hydrogen-bond acceptors (Lipinski definition) is 8. The van der Waals surface area contributed by atoms with Crippen molar-refractivity contribution in [2.45, 2.75) is 123 Å². The second-order valence-electron chi connectivity index (χ2n) is 32.3. The summed E-state index contributed by atoms with van der Waals surface area (Å²) in [6.45, 7) is 35.2. The fraction of sp³-hybridized carbons (Fsp3) is 0.184. The number of benzene rings is 12. The SMILES string of the molecule is CC.CC.Cc1ccc2c(C)c3c(c(C)c2c1)C1=Nc2c4c(C)c5ccc(C)cc5c(C)c4c4n2C25n6c(c7c(C)c8ccc(C)cc8c(C)c7c6=NC3=[N+]12)=NC1=[N+]5C(=N4)c2c1c(C)c1cc(C)ccc1c2C.c1ccc2c(c1)C1=Nc3c4ccccc4c4n3C35n6c(c7ccccc7c6=NC6=[N+]3C(=N4)c3ccccc36)=NC2=[N+]15. The summed E-state index contributed by atoms with van der Waals surface area (Å²) in [5, 5.41) is 18.9. The summed E-state index contributed by atoms with van der Waals surface area (Å²) in [5.41, 5.74) is 27.3. The van der Waals surface area contributed by atoms with Crippen LogP contribution in [0.2, 0.25) is 0 Å². The first-order valence-electron chi connectivity index (χ1n) is 40.2. The smallest absolute Gasteiger partial charge is 0.192 e. The summed E-state index contributed by atoms with van der Waals surface area (Å²) in [7, 11) is 0. The molecule has 0 aliphatic carbocycles. The van der Waals surface area contributed by atoms with Gasteiger partial charge in [0, 0.05) is 21.5 Å². The fourth-order valence-corrected chi connectivity index (χ4v) is 22.2. The molecule has 0 saturated carbocycles. The minimum atomic E-state index is -1.14. The highest BCUT2D eigenvalue weighted by Gasteiger charge is 2.72. The summed E-state index contributed by atoms with van der Waals surface area (Å²) < 4.78 is 19.4. The van der Waals surface area contributed by atoms with Gasteiger partial charge in [0.05, 0.1) is 66.1 Å². The van der Waals surface area contributed by atoms with Gasteiger partial charge in [0.1, 0.15) is 0 Å². The highest BCUT2D eigenvalue weighted by molar-refractivity contribution is 6.27. The van der Waals surface area contributed by atoms with Crippen LogP contribution in [0.3, 0.4) is 0 Å². The van der Waals surface area contributed by atoms with Gasteiger partial charge in [-0.25, -0.2) is 0 Å². The van der Waals surface area contributed by atoms with E-state index in [0.717, 1.165) is 180 Å². The van der Waals surface area contributed by atoms with E-state index in [1.165, 1.54) is 110 Å². The van der Waals surface area contributed by atoms with Gasteiger partial charge in [0.2, 0.25) is 45.2 Å². The zero-order chi connectivity index (χ0) is 77.1. The molecule has 0 N–H and O–H groups in total. The average molecular weight is 1480 g/mol. The van der Waals surface area contributed by atoms with Crippen LogP contribution in [0, 0.1) is 83.1 Å². The van der Waals surface area contributed by atoms with Crippen molar-refractivity contribution >= 4 is 156 Å². The first-order chi connectivity index (χ1) is 55.6. The van der Waals surface area contributed by atoms with Crippen molar-refractivity contribution in [3.05, 3.63) is 303 Å². The molecule has 0 bridgehead atoms. The van der Waals surface area contributed by atoms with E-state index < -0.39 is 11.8 Å². The Morgan fingerprint density at radius 3 is 0.947 bits per heavy atom. The predicted molar refractivity (Wildman–Crippen MR) is 457 cm³/mol. The zero-order valence-corrected chi connectivity index (χ0v) is 66.3. The lowest BCUT2D eigenvalue weighted by Gasteiger charge is -2.40. The topological polar surface area (TPSA) is 131 Å². The van der Waals surface area contributed by atoms with E-state index >= 15 is 0 Å².